The fourth-order valence-electron chi connectivity index (χ4n) is 2.26. The van der Waals surface area contributed by atoms with Crippen molar-refractivity contribution in [2.24, 2.45) is 11.3 Å². The molecule has 0 fully saturated rings. The molecule has 0 aliphatic rings. The van der Waals surface area contributed by atoms with E-state index in [4.69, 9.17) is 5.11 Å². The van der Waals surface area contributed by atoms with Crippen molar-refractivity contribution < 1.29 is 9.90 Å². The van der Waals surface area contributed by atoms with E-state index in [-0.39, 0.29) is 11.0 Å². The number of hydrogen-bond acceptors (Lipinski definition) is 4. The maximum Gasteiger partial charge on any atom is 0.341 e. The van der Waals surface area contributed by atoms with Crippen molar-refractivity contribution >= 4 is 11.8 Å². The van der Waals surface area contributed by atoms with Gasteiger partial charge in [-0.3, -0.25) is 0 Å². The molecule has 0 amide bonds. The molecular formula is C14H23N3O2. The zero-order chi connectivity index (χ0) is 14.6. The van der Waals surface area contributed by atoms with E-state index in [9.17, 15) is 4.79 Å². The summed E-state index contributed by atoms with van der Waals surface area (Å²) < 4.78 is 0. The quantitative estimate of drug-likeness (QED) is 0.827. The van der Waals surface area contributed by atoms with Gasteiger partial charge in [0.15, 0.2) is 0 Å². The maximum atomic E-state index is 11.1. The molecule has 0 radical (unpaired) electrons. The Labute approximate surface area is 114 Å². The number of carboxylic acids is 1. The first kappa shape index (κ1) is 15.4. The molecule has 0 spiro atoms. The average Bonchev–Trinajstić information content (AvgIpc) is 2.24. The molecule has 0 aromatic carbocycles. The summed E-state index contributed by atoms with van der Waals surface area (Å²) in [5.41, 5.74) is 0.203. The Balaban J connectivity index is 2.82. The van der Waals surface area contributed by atoms with Crippen LogP contribution in [0.5, 0.6) is 0 Å². The lowest BCUT2D eigenvalue weighted by Gasteiger charge is -2.27. The lowest BCUT2D eigenvalue weighted by Crippen LogP contribution is -2.26. The number of carboxylic acid groups (broad SMARTS) is 1. The van der Waals surface area contributed by atoms with Crippen LogP contribution in [0.15, 0.2) is 6.20 Å². The summed E-state index contributed by atoms with van der Waals surface area (Å²) in [6.07, 6.45) is 2.41. The van der Waals surface area contributed by atoms with E-state index in [2.05, 4.69) is 43.0 Å². The van der Waals surface area contributed by atoms with Gasteiger partial charge >= 0.3 is 5.97 Å². The smallest absolute Gasteiger partial charge is 0.341 e. The highest BCUT2D eigenvalue weighted by Gasteiger charge is 2.21. The van der Waals surface area contributed by atoms with Gasteiger partial charge in [0.1, 0.15) is 17.2 Å². The minimum absolute atomic E-state index is 0.0861. The van der Waals surface area contributed by atoms with Crippen molar-refractivity contribution in [3.63, 3.8) is 0 Å². The van der Waals surface area contributed by atoms with E-state index in [1.165, 1.54) is 6.20 Å². The summed E-state index contributed by atoms with van der Waals surface area (Å²) in [4.78, 5) is 19.2. The third kappa shape index (κ3) is 4.85. The molecule has 1 rings (SSSR count). The van der Waals surface area contributed by atoms with Gasteiger partial charge in [0.05, 0.1) is 0 Å². The lowest BCUT2D eigenvalue weighted by molar-refractivity contribution is 0.0697. The summed E-state index contributed by atoms with van der Waals surface area (Å²) in [5.74, 6) is 0.554. The van der Waals surface area contributed by atoms with Gasteiger partial charge in [-0.2, -0.15) is 0 Å². The monoisotopic (exact) mass is 265 g/mol. The molecule has 0 aliphatic heterocycles. The number of aromatic nitrogens is 2. The Morgan fingerprint density at radius 3 is 2.63 bits per heavy atom. The van der Waals surface area contributed by atoms with Crippen molar-refractivity contribution in [3.05, 3.63) is 17.6 Å². The van der Waals surface area contributed by atoms with Crippen molar-refractivity contribution in [1.82, 2.24) is 9.97 Å². The molecule has 1 aromatic rings. The number of hydrogen-bond donors (Lipinski definition) is 2. The highest BCUT2D eigenvalue weighted by Crippen LogP contribution is 2.26. The molecular weight excluding hydrogens is 242 g/mol. The summed E-state index contributed by atoms with van der Waals surface area (Å²) in [5, 5.41) is 12.3. The van der Waals surface area contributed by atoms with E-state index in [0.717, 1.165) is 6.42 Å². The molecule has 0 aliphatic carbocycles. The van der Waals surface area contributed by atoms with Crippen molar-refractivity contribution in [1.29, 1.82) is 0 Å². The first-order valence-electron chi connectivity index (χ1n) is 6.52. The molecule has 0 unspecified atom stereocenters. The van der Waals surface area contributed by atoms with Gasteiger partial charge in [-0.15, -0.1) is 0 Å². The van der Waals surface area contributed by atoms with Crippen molar-refractivity contribution in [2.45, 2.75) is 41.0 Å². The van der Waals surface area contributed by atoms with E-state index < -0.39 is 5.97 Å². The third-order valence-electron chi connectivity index (χ3n) is 2.83. The van der Waals surface area contributed by atoms with Crippen LogP contribution in [-0.2, 0) is 0 Å². The molecule has 106 valence electrons. The second-order valence-corrected chi connectivity index (χ2v) is 6.10. The summed E-state index contributed by atoms with van der Waals surface area (Å²) in [6, 6.07) is 0. The van der Waals surface area contributed by atoms with Crippen molar-refractivity contribution in [2.75, 3.05) is 11.9 Å². The predicted octanol–water partition coefficient (Wildman–Crippen LogP) is 2.97. The van der Waals surface area contributed by atoms with Crippen LogP contribution < -0.4 is 5.32 Å². The number of rotatable bonds is 6. The average molecular weight is 265 g/mol. The second-order valence-electron chi connectivity index (χ2n) is 6.10. The first-order valence-corrected chi connectivity index (χ1v) is 6.52. The molecule has 0 saturated carbocycles. The number of nitrogens with one attached hydrogen (secondary N) is 1. The van der Waals surface area contributed by atoms with E-state index in [0.29, 0.717) is 24.1 Å². The maximum absolute atomic E-state index is 11.1. The number of aryl methyl sites for hydroxylation is 1. The van der Waals surface area contributed by atoms with E-state index in [1.807, 2.05) is 0 Å². The highest BCUT2D eigenvalue weighted by molar-refractivity contribution is 5.92. The minimum atomic E-state index is -1.01. The zero-order valence-electron chi connectivity index (χ0n) is 12.3. The van der Waals surface area contributed by atoms with Crippen LogP contribution in [0.2, 0.25) is 0 Å². The second kappa shape index (κ2) is 5.99. The van der Waals surface area contributed by atoms with Gasteiger partial charge in [-0.1, -0.05) is 27.7 Å². The highest BCUT2D eigenvalue weighted by atomic mass is 16.4. The summed E-state index contributed by atoms with van der Waals surface area (Å²) in [6.45, 7) is 11.1. The van der Waals surface area contributed by atoms with Crippen LogP contribution in [-0.4, -0.2) is 27.6 Å². The molecule has 0 bridgehead atoms. The minimum Gasteiger partial charge on any atom is -0.477 e. The fourth-order valence-corrected chi connectivity index (χ4v) is 2.26. The predicted molar refractivity (Wildman–Crippen MR) is 75.5 cm³/mol. The topological polar surface area (TPSA) is 75.1 Å². The molecule has 19 heavy (non-hydrogen) atoms. The van der Waals surface area contributed by atoms with Crippen LogP contribution >= 0.6 is 0 Å². The van der Waals surface area contributed by atoms with Crippen LogP contribution in [0.1, 0.15) is 50.3 Å². The van der Waals surface area contributed by atoms with E-state index >= 15 is 0 Å². The van der Waals surface area contributed by atoms with Crippen LogP contribution in [0.4, 0.5) is 5.82 Å². The number of nitrogens with zero attached hydrogens (tertiary/aromatic N) is 2. The molecule has 5 heteroatoms. The third-order valence-corrected chi connectivity index (χ3v) is 2.83. The lowest BCUT2D eigenvalue weighted by atomic mass is 9.84. The van der Waals surface area contributed by atoms with Gasteiger partial charge < -0.3 is 10.4 Å². The Bertz CT molecular complexity index is 456. The zero-order valence-corrected chi connectivity index (χ0v) is 12.3. The largest absolute Gasteiger partial charge is 0.477 e. The number of aromatic carboxylic acids is 1. The Morgan fingerprint density at radius 2 is 2.11 bits per heavy atom. The molecule has 1 heterocycles. The molecule has 0 saturated heterocycles. The van der Waals surface area contributed by atoms with Gasteiger partial charge in [0, 0.05) is 12.7 Å². The molecule has 5 nitrogen and oxygen atoms in total. The van der Waals surface area contributed by atoms with Crippen LogP contribution in [0, 0.1) is 18.3 Å². The van der Waals surface area contributed by atoms with E-state index in [1.54, 1.807) is 6.92 Å². The number of anilines is 1. The van der Waals surface area contributed by atoms with Gasteiger partial charge in [0.2, 0.25) is 0 Å². The normalized spacial score (nSPS) is 11.7. The number of carbonyl (C=O) groups is 1. The van der Waals surface area contributed by atoms with Crippen LogP contribution in [0.3, 0.4) is 0 Å². The van der Waals surface area contributed by atoms with Crippen molar-refractivity contribution in [3.8, 4) is 0 Å². The molecule has 2 N–H and O–H groups in total. The van der Waals surface area contributed by atoms with Gasteiger partial charge in [-0.05, 0) is 24.7 Å². The Morgan fingerprint density at radius 1 is 1.47 bits per heavy atom. The Kier molecular flexibility index (Phi) is 4.86. The molecule has 1 aromatic heterocycles. The first-order chi connectivity index (χ1) is 8.71. The SMILES string of the molecule is Cc1ncc(C(=O)O)c(NCC(C)(C)CC(C)C)n1. The Hall–Kier alpha value is -1.65. The summed E-state index contributed by atoms with van der Waals surface area (Å²) in [7, 11) is 0. The summed E-state index contributed by atoms with van der Waals surface area (Å²) >= 11 is 0. The van der Waals surface area contributed by atoms with Gasteiger partial charge in [-0.25, -0.2) is 14.8 Å². The standard InChI is InChI=1S/C14H23N3O2/c1-9(2)6-14(4,5)8-16-12-11(13(18)19)7-15-10(3)17-12/h7,9H,6,8H2,1-5H3,(H,18,19)(H,15,16,17). The fraction of sp³-hybridized carbons (Fsp3) is 0.643. The molecule has 0 atom stereocenters. The van der Waals surface area contributed by atoms with Crippen LogP contribution in [0.25, 0.3) is 0 Å². The van der Waals surface area contributed by atoms with Gasteiger partial charge in [0.25, 0.3) is 0 Å².